The number of anilines is 1. The van der Waals surface area contributed by atoms with Gasteiger partial charge in [-0.15, -0.1) is 0 Å². The van der Waals surface area contributed by atoms with Gasteiger partial charge in [-0.3, -0.25) is 0 Å². The van der Waals surface area contributed by atoms with Gasteiger partial charge in [-0.25, -0.2) is 14.2 Å². The van der Waals surface area contributed by atoms with E-state index in [2.05, 4.69) is 21.7 Å². The average molecular weight is 411 g/mol. The third-order valence-corrected chi connectivity index (χ3v) is 4.36. The molecule has 0 N–H and O–H groups in total. The third kappa shape index (κ3) is 6.38. The molecule has 1 aromatic carbocycles. The van der Waals surface area contributed by atoms with Crippen molar-refractivity contribution in [1.29, 1.82) is 0 Å². The molecule has 1 aromatic heterocycles. The standard InChI is InChI=1S/C23H26FN3O3/c1-23(2,3)30-22(28)27-14-12-26(13-15-27)21-11-6-18(17-25-21)5-4-16-29-20-9-7-19(24)8-10-20/h6-11,17H,12-16H2,1-3H3. The largest absolute Gasteiger partial charge is 0.481 e. The van der Waals surface area contributed by atoms with E-state index in [1.54, 1.807) is 23.2 Å². The van der Waals surface area contributed by atoms with Crippen LogP contribution in [0.3, 0.4) is 0 Å². The Hall–Kier alpha value is -3.27. The highest BCUT2D eigenvalue weighted by Crippen LogP contribution is 2.16. The van der Waals surface area contributed by atoms with E-state index < -0.39 is 5.60 Å². The lowest BCUT2D eigenvalue weighted by atomic mass is 10.2. The minimum absolute atomic E-state index is 0.208. The van der Waals surface area contributed by atoms with Gasteiger partial charge in [0.15, 0.2) is 0 Å². The Bertz CT molecular complexity index is 904. The van der Waals surface area contributed by atoms with Crippen molar-refractivity contribution in [3.8, 4) is 17.6 Å². The monoisotopic (exact) mass is 411 g/mol. The first-order valence-corrected chi connectivity index (χ1v) is 9.86. The summed E-state index contributed by atoms with van der Waals surface area (Å²) in [6.07, 6.45) is 1.45. The SMILES string of the molecule is CC(C)(C)OC(=O)N1CCN(c2ccc(C#CCOc3ccc(F)cc3)cn2)CC1. The molecule has 1 aliphatic heterocycles. The van der Waals surface area contributed by atoms with Gasteiger partial charge in [0.25, 0.3) is 0 Å². The van der Waals surface area contributed by atoms with Crippen LogP contribution in [0.25, 0.3) is 0 Å². The molecule has 0 aliphatic carbocycles. The van der Waals surface area contributed by atoms with Crippen molar-refractivity contribution in [2.24, 2.45) is 0 Å². The summed E-state index contributed by atoms with van der Waals surface area (Å²) in [5.41, 5.74) is 0.297. The summed E-state index contributed by atoms with van der Waals surface area (Å²) in [5.74, 6) is 7.05. The zero-order valence-corrected chi connectivity index (χ0v) is 17.5. The van der Waals surface area contributed by atoms with E-state index in [4.69, 9.17) is 9.47 Å². The van der Waals surface area contributed by atoms with Gasteiger partial charge in [-0.1, -0.05) is 11.8 Å². The molecule has 3 rings (SSSR count). The Kier molecular flexibility index (Phi) is 6.78. The molecule has 0 saturated carbocycles. The van der Waals surface area contributed by atoms with Gasteiger partial charge in [0.1, 0.15) is 29.6 Å². The first kappa shape index (κ1) is 21.4. The third-order valence-electron chi connectivity index (χ3n) is 4.36. The number of carbonyl (C=O) groups is 1. The van der Waals surface area contributed by atoms with Gasteiger partial charge in [0.2, 0.25) is 0 Å². The second-order valence-electron chi connectivity index (χ2n) is 7.90. The topological polar surface area (TPSA) is 54.9 Å². The number of hydrogen-bond acceptors (Lipinski definition) is 5. The summed E-state index contributed by atoms with van der Waals surface area (Å²) in [6.45, 7) is 8.39. The Morgan fingerprint density at radius 3 is 2.40 bits per heavy atom. The Morgan fingerprint density at radius 1 is 1.10 bits per heavy atom. The number of nitrogens with zero attached hydrogens (tertiary/aromatic N) is 3. The van der Waals surface area contributed by atoms with E-state index >= 15 is 0 Å². The summed E-state index contributed by atoms with van der Waals surface area (Å²) in [7, 11) is 0. The molecule has 0 radical (unpaired) electrons. The van der Waals surface area contributed by atoms with Crippen LogP contribution in [0.2, 0.25) is 0 Å². The molecule has 2 aromatic rings. The van der Waals surface area contributed by atoms with Crippen LogP contribution in [0.1, 0.15) is 26.3 Å². The van der Waals surface area contributed by atoms with E-state index in [0.717, 1.165) is 11.4 Å². The maximum atomic E-state index is 12.9. The van der Waals surface area contributed by atoms with E-state index in [9.17, 15) is 9.18 Å². The van der Waals surface area contributed by atoms with Crippen molar-refractivity contribution in [2.75, 3.05) is 37.7 Å². The summed E-state index contributed by atoms with van der Waals surface area (Å²) in [4.78, 5) is 20.5. The minimum atomic E-state index is -0.489. The number of benzene rings is 1. The van der Waals surface area contributed by atoms with Gasteiger partial charge >= 0.3 is 6.09 Å². The molecule has 1 saturated heterocycles. The molecule has 6 nitrogen and oxygen atoms in total. The zero-order valence-electron chi connectivity index (χ0n) is 17.5. The number of carbonyl (C=O) groups excluding carboxylic acids is 1. The van der Waals surface area contributed by atoms with Crippen molar-refractivity contribution in [1.82, 2.24) is 9.88 Å². The number of aromatic nitrogens is 1. The first-order chi connectivity index (χ1) is 14.3. The normalized spacial score (nSPS) is 14.0. The Labute approximate surface area is 176 Å². The fourth-order valence-electron chi connectivity index (χ4n) is 2.88. The van der Waals surface area contributed by atoms with Crippen LogP contribution in [0.15, 0.2) is 42.6 Å². The number of hydrogen-bond donors (Lipinski definition) is 0. The van der Waals surface area contributed by atoms with Gasteiger partial charge in [-0.2, -0.15) is 0 Å². The van der Waals surface area contributed by atoms with Crippen LogP contribution < -0.4 is 9.64 Å². The van der Waals surface area contributed by atoms with Gasteiger partial charge in [0, 0.05) is 37.9 Å². The number of rotatable bonds is 3. The van der Waals surface area contributed by atoms with E-state index in [0.29, 0.717) is 31.9 Å². The van der Waals surface area contributed by atoms with Crippen molar-refractivity contribution in [3.05, 3.63) is 54.0 Å². The second kappa shape index (κ2) is 9.49. The van der Waals surface area contributed by atoms with Crippen LogP contribution in [0, 0.1) is 17.7 Å². The molecule has 158 valence electrons. The van der Waals surface area contributed by atoms with Crippen molar-refractivity contribution < 1.29 is 18.7 Å². The molecular formula is C23H26FN3O3. The summed E-state index contributed by atoms with van der Waals surface area (Å²) in [6, 6.07) is 9.66. The molecule has 30 heavy (non-hydrogen) atoms. The highest BCUT2D eigenvalue weighted by molar-refractivity contribution is 5.68. The molecular weight excluding hydrogens is 385 g/mol. The fraction of sp³-hybridized carbons (Fsp3) is 0.391. The van der Waals surface area contributed by atoms with Crippen molar-refractivity contribution in [3.63, 3.8) is 0 Å². The highest BCUT2D eigenvalue weighted by Gasteiger charge is 2.26. The first-order valence-electron chi connectivity index (χ1n) is 9.86. The predicted molar refractivity (Wildman–Crippen MR) is 113 cm³/mol. The number of ether oxygens (including phenoxy) is 2. The molecule has 0 unspecified atom stereocenters. The van der Waals surface area contributed by atoms with Crippen LogP contribution in [0.4, 0.5) is 15.0 Å². The smallest absolute Gasteiger partial charge is 0.410 e. The Balaban J connectivity index is 1.47. The Morgan fingerprint density at radius 2 is 1.80 bits per heavy atom. The van der Waals surface area contributed by atoms with E-state index in [1.165, 1.54) is 12.1 Å². The second-order valence-corrected chi connectivity index (χ2v) is 7.90. The fourth-order valence-corrected chi connectivity index (χ4v) is 2.88. The number of piperazine rings is 1. The van der Waals surface area contributed by atoms with Crippen LogP contribution >= 0.6 is 0 Å². The average Bonchev–Trinajstić information content (AvgIpc) is 2.72. The van der Waals surface area contributed by atoms with Gasteiger partial charge in [0.05, 0.1) is 0 Å². The lowest BCUT2D eigenvalue weighted by Gasteiger charge is -2.36. The van der Waals surface area contributed by atoms with Gasteiger partial charge in [-0.05, 0) is 57.2 Å². The molecule has 2 heterocycles. The maximum absolute atomic E-state index is 12.9. The molecule has 1 aliphatic rings. The molecule has 0 bridgehead atoms. The number of pyridine rings is 1. The summed E-state index contributed by atoms with van der Waals surface area (Å²) >= 11 is 0. The zero-order chi connectivity index (χ0) is 21.6. The van der Waals surface area contributed by atoms with Crippen molar-refractivity contribution >= 4 is 11.9 Å². The number of amides is 1. The quantitative estimate of drug-likeness (QED) is 0.721. The van der Waals surface area contributed by atoms with Crippen LogP contribution in [-0.2, 0) is 4.74 Å². The lowest BCUT2D eigenvalue weighted by Crippen LogP contribution is -2.50. The highest BCUT2D eigenvalue weighted by atomic mass is 19.1. The van der Waals surface area contributed by atoms with Crippen LogP contribution in [0.5, 0.6) is 5.75 Å². The molecule has 1 amide bonds. The minimum Gasteiger partial charge on any atom is -0.481 e. The van der Waals surface area contributed by atoms with Crippen molar-refractivity contribution in [2.45, 2.75) is 26.4 Å². The summed E-state index contributed by atoms with van der Waals surface area (Å²) < 4.78 is 23.7. The summed E-state index contributed by atoms with van der Waals surface area (Å²) in [5, 5.41) is 0. The molecule has 0 atom stereocenters. The van der Waals surface area contributed by atoms with E-state index in [1.807, 2.05) is 32.9 Å². The predicted octanol–water partition coefficient (Wildman–Crippen LogP) is 3.71. The maximum Gasteiger partial charge on any atom is 0.410 e. The lowest BCUT2D eigenvalue weighted by molar-refractivity contribution is 0.0240. The van der Waals surface area contributed by atoms with E-state index in [-0.39, 0.29) is 18.5 Å². The number of halogens is 1. The van der Waals surface area contributed by atoms with Crippen LogP contribution in [-0.4, -0.2) is 54.4 Å². The molecule has 0 spiro atoms. The van der Waals surface area contributed by atoms with Gasteiger partial charge < -0.3 is 19.3 Å². The molecule has 7 heteroatoms. The molecule has 1 fully saturated rings.